The van der Waals surface area contributed by atoms with Crippen molar-refractivity contribution in [2.45, 2.75) is 5.66 Å². The van der Waals surface area contributed by atoms with Gasteiger partial charge in [-0.25, -0.2) is 0 Å². The van der Waals surface area contributed by atoms with E-state index in [1.807, 2.05) is 91.0 Å². The van der Waals surface area contributed by atoms with E-state index in [1.165, 1.54) is 12.3 Å². The molecule has 4 aromatic rings. The lowest BCUT2D eigenvalue weighted by molar-refractivity contribution is 0.0919. The van der Waals surface area contributed by atoms with Crippen LogP contribution in [0.2, 0.25) is 0 Å². The van der Waals surface area contributed by atoms with E-state index in [0.717, 1.165) is 0 Å². The van der Waals surface area contributed by atoms with Gasteiger partial charge in [-0.2, -0.15) is 8.78 Å². The summed E-state index contributed by atoms with van der Waals surface area (Å²) in [7, 11) is -3.37. The molecule has 0 atom stereocenters. The van der Waals surface area contributed by atoms with Crippen molar-refractivity contribution in [3.63, 3.8) is 0 Å². The van der Waals surface area contributed by atoms with Gasteiger partial charge in [0.25, 0.3) is 0 Å². The van der Waals surface area contributed by atoms with Gasteiger partial charge >= 0.3 is 5.66 Å². The minimum absolute atomic E-state index is 0.208. The first-order valence-electron chi connectivity index (χ1n) is 9.02. The van der Waals surface area contributed by atoms with Crippen LogP contribution in [-0.2, 0) is 5.66 Å². The maximum absolute atomic E-state index is 16.5. The first-order valence-corrected chi connectivity index (χ1v) is 10.8. The third-order valence-electron chi connectivity index (χ3n) is 4.82. The summed E-state index contributed by atoms with van der Waals surface area (Å²) in [6, 6.07) is 32.1. The van der Waals surface area contributed by atoms with E-state index in [1.54, 1.807) is 12.1 Å². The van der Waals surface area contributed by atoms with Crippen molar-refractivity contribution in [1.82, 2.24) is 4.98 Å². The lowest BCUT2D eigenvalue weighted by atomic mass is 10.3. The molecule has 0 aliphatic heterocycles. The standard InChI is InChI=1S/C24H19F2NP/c25-24(26,23-18-10-11-19-27-23)28(20-12-4-1-5-13-20,21-14-6-2-7-15-21)22-16-8-3-9-17-22/h1-19H/q+1. The second-order valence-electron chi connectivity index (χ2n) is 6.43. The smallest absolute Gasteiger partial charge is 0.251 e. The van der Waals surface area contributed by atoms with Gasteiger partial charge in [-0.1, -0.05) is 60.7 Å². The molecule has 1 heterocycles. The molecular weight excluding hydrogens is 371 g/mol. The van der Waals surface area contributed by atoms with Crippen LogP contribution < -0.4 is 15.9 Å². The lowest BCUT2D eigenvalue weighted by Crippen LogP contribution is -2.41. The molecule has 4 rings (SSSR count). The van der Waals surface area contributed by atoms with Gasteiger partial charge in [0.2, 0.25) is 0 Å². The second-order valence-corrected chi connectivity index (χ2v) is 9.89. The predicted octanol–water partition coefficient (Wildman–Crippen LogP) is 5.13. The quantitative estimate of drug-likeness (QED) is 0.431. The minimum atomic E-state index is -3.37. The van der Waals surface area contributed by atoms with Gasteiger partial charge in [-0.15, -0.1) is 0 Å². The van der Waals surface area contributed by atoms with Crippen LogP contribution in [-0.4, -0.2) is 4.98 Å². The number of hydrogen-bond acceptors (Lipinski definition) is 1. The summed E-state index contributed by atoms with van der Waals surface area (Å²) in [5.41, 5.74) is -3.39. The highest BCUT2D eigenvalue weighted by atomic mass is 31.2. The fourth-order valence-electron chi connectivity index (χ4n) is 3.60. The fraction of sp³-hybridized carbons (Fsp3) is 0.0417. The molecule has 0 aliphatic rings. The van der Waals surface area contributed by atoms with Gasteiger partial charge in [0, 0.05) is 6.20 Å². The predicted molar refractivity (Wildman–Crippen MR) is 113 cm³/mol. The van der Waals surface area contributed by atoms with Crippen molar-refractivity contribution in [2.75, 3.05) is 0 Å². The highest BCUT2D eigenvalue weighted by Gasteiger charge is 2.67. The Labute approximate surface area is 164 Å². The van der Waals surface area contributed by atoms with Crippen molar-refractivity contribution >= 4 is 23.2 Å². The number of rotatable bonds is 5. The van der Waals surface area contributed by atoms with Crippen molar-refractivity contribution in [2.24, 2.45) is 0 Å². The van der Waals surface area contributed by atoms with Gasteiger partial charge in [0.15, 0.2) is 13.0 Å². The van der Waals surface area contributed by atoms with Crippen LogP contribution in [0, 0.1) is 0 Å². The third-order valence-corrected chi connectivity index (χ3v) is 9.11. The molecule has 0 spiro atoms. The summed E-state index contributed by atoms with van der Waals surface area (Å²) in [5, 5.41) is 1.88. The molecule has 0 saturated carbocycles. The molecule has 0 radical (unpaired) electrons. The van der Waals surface area contributed by atoms with E-state index >= 15 is 8.78 Å². The van der Waals surface area contributed by atoms with Crippen LogP contribution in [0.3, 0.4) is 0 Å². The number of pyridine rings is 1. The Morgan fingerprint density at radius 3 is 1.29 bits per heavy atom. The van der Waals surface area contributed by atoms with Crippen LogP contribution in [0.1, 0.15) is 5.69 Å². The number of aromatic nitrogens is 1. The molecule has 0 aliphatic carbocycles. The normalized spacial score (nSPS) is 11.9. The Balaban J connectivity index is 2.14. The Morgan fingerprint density at radius 1 is 0.536 bits per heavy atom. The third kappa shape index (κ3) is 2.93. The average molecular weight is 390 g/mol. The molecule has 0 fully saturated rings. The number of benzene rings is 3. The molecule has 0 saturated heterocycles. The SMILES string of the molecule is FC(F)(c1ccccn1)[P+](c1ccccc1)(c1ccccc1)c1ccccc1. The van der Waals surface area contributed by atoms with Gasteiger partial charge in [-0.3, -0.25) is 4.98 Å². The Kier molecular flexibility index (Phi) is 5.02. The molecule has 3 aromatic carbocycles. The van der Waals surface area contributed by atoms with Crippen LogP contribution in [0.25, 0.3) is 0 Å². The molecular formula is C24H19F2NP+. The first-order chi connectivity index (χ1) is 13.7. The monoisotopic (exact) mass is 390 g/mol. The van der Waals surface area contributed by atoms with E-state index in [9.17, 15) is 0 Å². The topological polar surface area (TPSA) is 12.9 Å². The van der Waals surface area contributed by atoms with E-state index in [4.69, 9.17) is 0 Å². The minimum Gasteiger partial charge on any atom is -0.251 e. The van der Waals surface area contributed by atoms with E-state index in [2.05, 4.69) is 4.98 Å². The highest BCUT2D eigenvalue weighted by Crippen LogP contribution is 2.71. The van der Waals surface area contributed by atoms with Crippen LogP contribution >= 0.6 is 7.26 Å². The zero-order valence-electron chi connectivity index (χ0n) is 15.1. The number of hydrogen-bond donors (Lipinski definition) is 0. The molecule has 28 heavy (non-hydrogen) atoms. The highest BCUT2D eigenvalue weighted by molar-refractivity contribution is 7.96. The fourth-order valence-corrected chi connectivity index (χ4v) is 7.80. The number of nitrogens with zero attached hydrogens (tertiary/aromatic N) is 1. The summed E-state index contributed by atoms with van der Waals surface area (Å²) in [4.78, 5) is 4.07. The summed E-state index contributed by atoms with van der Waals surface area (Å²) in [6.45, 7) is 0. The van der Waals surface area contributed by atoms with Crippen LogP contribution in [0.15, 0.2) is 115 Å². The van der Waals surface area contributed by atoms with Gasteiger partial charge in [0.1, 0.15) is 15.9 Å². The molecule has 0 amide bonds. The maximum Gasteiger partial charge on any atom is 0.410 e. The lowest BCUT2D eigenvalue weighted by Gasteiger charge is -2.33. The Hall–Kier alpha value is -2.90. The van der Waals surface area contributed by atoms with Crippen molar-refractivity contribution in [3.05, 3.63) is 121 Å². The first kappa shape index (κ1) is 18.5. The number of alkyl halides is 2. The van der Waals surface area contributed by atoms with Gasteiger partial charge < -0.3 is 0 Å². The largest absolute Gasteiger partial charge is 0.410 e. The van der Waals surface area contributed by atoms with Crippen molar-refractivity contribution in [3.8, 4) is 0 Å². The molecule has 4 heteroatoms. The van der Waals surface area contributed by atoms with E-state index in [0.29, 0.717) is 15.9 Å². The zero-order chi connectivity index (χ0) is 19.5. The van der Waals surface area contributed by atoms with Crippen molar-refractivity contribution in [1.29, 1.82) is 0 Å². The van der Waals surface area contributed by atoms with Gasteiger partial charge in [-0.05, 0) is 48.5 Å². The Bertz CT molecular complexity index is 927. The molecule has 1 aromatic heterocycles. The van der Waals surface area contributed by atoms with Gasteiger partial charge in [0.05, 0.1) is 0 Å². The second kappa shape index (κ2) is 7.61. The Morgan fingerprint density at radius 2 is 0.929 bits per heavy atom. The van der Waals surface area contributed by atoms with Crippen molar-refractivity contribution < 1.29 is 8.78 Å². The molecule has 0 bridgehead atoms. The summed E-state index contributed by atoms with van der Waals surface area (Å²) >= 11 is 0. The molecule has 0 N–H and O–H groups in total. The summed E-state index contributed by atoms with van der Waals surface area (Å²) in [6.07, 6.45) is 1.43. The molecule has 0 unspecified atom stereocenters. The molecule has 138 valence electrons. The van der Waals surface area contributed by atoms with E-state index in [-0.39, 0.29) is 5.69 Å². The summed E-state index contributed by atoms with van der Waals surface area (Å²) < 4.78 is 33.0. The summed E-state index contributed by atoms with van der Waals surface area (Å²) in [5.74, 6) is 0. The zero-order valence-corrected chi connectivity index (χ0v) is 16.0. The number of halogens is 2. The van der Waals surface area contributed by atoms with E-state index < -0.39 is 12.9 Å². The maximum atomic E-state index is 16.5. The van der Waals surface area contributed by atoms with Crippen LogP contribution in [0.5, 0.6) is 0 Å². The van der Waals surface area contributed by atoms with Crippen LogP contribution in [0.4, 0.5) is 8.78 Å². The average Bonchev–Trinajstić information content (AvgIpc) is 2.77. The molecule has 1 nitrogen and oxygen atoms in total.